The highest BCUT2D eigenvalue weighted by Gasteiger charge is 2.33. The zero-order chi connectivity index (χ0) is 14.6. The van der Waals surface area contributed by atoms with Gasteiger partial charge in [0.15, 0.2) is 0 Å². The maximum atomic E-state index is 12.7. The van der Waals surface area contributed by atoms with Gasteiger partial charge in [0.25, 0.3) is 0 Å². The highest BCUT2D eigenvalue weighted by molar-refractivity contribution is 7.98. The van der Waals surface area contributed by atoms with E-state index in [-0.39, 0.29) is 16.4 Å². The molecule has 1 aromatic rings. The second-order valence-electron chi connectivity index (χ2n) is 3.70. The molecule has 7 heteroatoms. The molecule has 0 saturated heterocycles. The van der Waals surface area contributed by atoms with Crippen LogP contribution in [0.2, 0.25) is 0 Å². The molecule has 0 atom stereocenters. The van der Waals surface area contributed by atoms with Crippen molar-refractivity contribution in [3.8, 4) is 0 Å². The standard InChI is InChI=1S/C12H14F3N3S/c1-19-10-6-7(9(16)4-5-11(17)18)2-3-8(10)12(13,14)15/h2-6H,16-18H2,1H3/b9-4-. The fourth-order valence-corrected chi connectivity index (χ4v) is 2.04. The van der Waals surface area contributed by atoms with Gasteiger partial charge in [0.1, 0.15) is 0 Å². The van der Waals surface area contributed by atoms with Gasteiger partial charge in [0, 0.05) is 10.6 Å². The number of hydrogen-bond donors (Lipinski definition) is 3. The molecule has 0 spiro atoms. The van der Waals surface area contributed by atoms with E-state index in [2.05, 4.69) is 0 Å². The Morgan fingerprint density at radius 3 is 2.26 bits per heavy atom. The number of nitrogens with two attached hydrogens (primary N) is 3. The number of benzene rings is 1. The van der Waals surface area contributed by atoms with Gasteiger partial charge < -0.3 is 17.2 Å². The fraction of sp³-hybridized carbons (Fsp3) is 0.167. The fourth-order valence-electron chi connectivity index (χ4n) is 1.39. The van der Waals surface area contributed by atoms with Crippen molar-refractivity contribution in [2.24, 2.45) is 17.2 Å². The van der Waals surface area contributed by atoms with E-state index in [9.17, 15) is 13.2 Å². The zero-order valence-corrected chi connectivity index (χ0v) is 11.0. The van der Waals surface area contributed by atoms with E-state index in [1.54, 1.807) is 6.26 Å². The molecule has 0 aromatic heterocycles. The second kappa shape index (κ2) is 5.92. The van der Waals surface area contributed by atoms with E-state index in [0.29, 0.717) is 5.56 Å². The first-order valence-electron chi connectivity index (χ1n) is 5.19. The van der Waals surface area contributed by atoms with Crippen LogP contribution >= 0.6 is 11.8 Å². The minimum atomic E-state index is -4.38. The molecule has 6 N–H and O–H groups in total. The van der Waals surface area contributed by atoms with Crippen LogP contribution in [-0.2, 0) is 6.18 Å². The van der Waals surface area contributed by atoms with Gasteiger partial charge >= 0.3 is 6.18 Å². The Balaban J connectivity index is 3.21. The normalized spacial score (nSPS) is 12.3. The van der Waals surface area contributed by atoms with Gasteiger partial charge in [0.05, 0.1) is 11.4 Å². The van der Waals surface area contributed by atoms with Gasteiger partial charge in [0.2, 0.25) is 0 Å². The van der Waals surface area contributed by atoms with E-state index >= 15 is 0 Å². The van der Waals surface area contributed by atoms with Crippen LogP contribution in [-0.4, -0.2) is 6.26 Å². The number of hydrogen-bond acceptors (Lipinski definition) is 4. The van der Waals surface area contributed by atoms with Gasteiger partial charge in [-0.2, -0.15) is 13.2 Å². The van der Waals surface area contributed by atoms with Crippen molar-refractivity contribution >= 4 is 17.5 Å². The topological polar surface area (TPSA) is 78.1 Å². The average molecular weight is 289 g/mol. The van der Waals surface area contributed by atoms with Gasteiger partial charge in [-0.3, -0.25) is 0 Å². The number of rotatable bonds is 3. The molecule has 0 fully saturated rings. The lowest BCUT2D eigenvalue weighted by atomic mass is 10.1. The maximum Gasteiger partial charge on any atom is 0.417 e. The van der Waals surface area contributed by atoms with Crippen molar-refractivity contribution in [1.82, 2.24) is 0 Å². The molecule has 104 valence electrons. The molecule has 0 bridgehead atoms. The Morgan fingerprint density at radius 1 is 1.16 bits per heavy atom. The van der Waals surface area contributed by atoms with Crippen LogP contribution < -0.4 is 17.2 Å². The summed E-state index contributed by atoms with van der Waals surface area (Å²) in [6, 6.07) is 3.71. The Labute approximate surface area is 113 Å². The zero-order valence-electron chi connectivity index (χ0n) is 10.2. The molecule has 0 amide bonds. The van der Waals surface area contributed by atoms with Crippen molar-refractivity contribution in [2.45, 2.75) is 11.1 Å². The molecule has 0 aliphatic heterocycles. The van der Waals surface area contributed by atoms with Gasteiger partial charge in [-0.25, -0.2) is 0 Å². The highest BCUT2D eigenvalue weighted by atomic mass is 32.2. The Hall–Kier alpha value is -1.76. The lowest BCUT2D eigenvalue weighted by Crippen LogP contribution is -2.08. The molecule has 3 nitrogen and oxygen atoms in total. The molecule has 1 aromatic carbocycles. The first kappa shape index (κ1) is 15.3. The summed E-state index contributed by atoms with van der Waals surface area (Å²) in [5, 5.41) is 0. The lowest BCUT2D eigenvalue weighted by molar-refractivity contribution is -0.139. The molecule has 0 unspecified atom stereocenters. The minimum absolute atomic E-state index is 0.0694. The molecule has 0 aliphatic carbocycles. The monoisotopic (exact) mass is 289 g/mol. The third-order valence-electron chi connectivity index (χ3n) is 2.30. The number of halogens is 3. The highest BCUT2D eigenvalue weighted by Crippen LogP contribution is 2.36. The Kier molecular flexibility index (Phi) is 4.77. The van der Waals surface area contributed by atoms with E-state index in [0.717, 1.165) is 17.8 Å². The molecule has 19 heavy (non-hydrogen) atoms. The minimum Gasteiger partial charge on any atom is -0.398 e. The number of allylic oxidation sites excluding steroid dienone is 2. The van der Waals surface area contributed by atoms with Crippen molar-refractivity contribution in [3.05, 3.63) is 47.3 Å². The summed E-state index contributed by atoms with van der Waals surface area (Å²) in [7, 11) is 0. The van der Waals surface area contributed by atoms with Crippen LogP contribution in [0.15, 0.2) is 41.1 Å². The second-order valence-corrected chi connectivity index (χ2v) is 4.55. The summed E-state index contributed by atoms with van der Waals surface area (Å²) in [6.07, 6.45) is 0.0246. The van der Waals surface area contributed by atoms with E-state index in [4.69, 9.17) is 17.2 Å². The van der Waals surface area contributed by atoms with Crippen LogP contribution in [0.25, 0.3) is 5.70 Å². The Bertz CT molecular complexity index is 517. The van der Waals surface area contributed by atoms with Crippen LogP contribution in [0.3, 0.4) is 0 Å². The number of thioether (sulfide) groups is 1. The van der Waals surface area contributed by atoms with E-state index in [1.165, 1.54) is 24.3 Å². The summed E-state index contributed by atoms with van der Waals surface area (Å²) in [5.41, 5.74) is 16.3. The van der Waals surface area contributed by atoms with Gasteiger partial charge in [-0.1, -0.05) is 6.07 Å². The molecule has 0 saturated carbocycles. The molecule has 0 radical (unpaired) electrons. The average Bonchev–Trinajstić information content (AvgIpc) is 2.33. The molecular formula is C12H14F3N3S. The lowest BCUT2D eigenvalue weighted by Gasteiger charge is -2.12. The van der Waals surface area contributed by atoms with Crippen LogP contribution in [0.5, 0.6) is 0 Å². The SMILES string of the molecule is CSc1cc(/C(N)=C/C=C(N)N)ccc1C(F)(F)F. The maximum absolute atomic E-state index is 12.7. The number of alkyl halides is 3. The summed E-state index contributed by atoms with van der Waals surface area (Å²) in [4.78, 5) is 0.117. The third-order valence-corrected chi connectivity index (χ3v) is 3.07. The van der Waals surface area contributed by atoms with Gasteiger partial charge in [-0.05, 0) is 36.1 Å². The first-order chi connectivity index (χ1) is 8.75. The molecule has 0 heterocycles. The summed E-state index contributed by atoms with van der Waals surface area (Å²) in [6.45, 7) is 0. The summed E-state index contributed by atoms with van der Waals surface area (Å²) >= 11 is 1.01. The largest absolute Gasteiger partial charge is 0.417 e. The van der Waals surface area contributed by atoms with Crippen molar-refractivity contribution in [3.63, 3.8) is 0 Å². The van der Waals surface area contributed by atoms with Crippen LogP contribution in [0.1, 0.15) is 11.1 Å². The van der Waals surface area contributed by atoms with Crippen molar-refractivity contribution in [1.29, 1.82) is 0 Å². The predicted molar refractivity (Wildman–Crippen MR) is 71.8 cm³/mol. The Morgan fingerprint density at radius 2 is 1.79 bits per heavy atom. The third kappa shape index (κ3) is 4.13. The molecular weight excluding hydrogens is 275 g/mol. The van der Waals surface area contributed by atoms with Crippen molar-refractivity contribution in [2.75, 3.05) is 6.26 Å². The molecule has 0 aliphatic rings. The summed E-state index contributed by atoms with van der Waals surface area (Å²) in [5.74, 6) is 0.0694. The van der Waals surface area contributed by atoms with Gasteiger partial charge in [-0.15, -0.1) is 11.8 Å². The quantitative estimate of drug-likeness (QED) is 0.590. The van der Waals surface area contributed by atoms with E-state index in [1.807, 2.05) is 0 Å². The van der Waals surface area contributed by atoms with E-state index < -0.39 is 11.7 Å². The van der Waals surface area contributed by atoms with Crippen molar-refractivity contribution < 1.29 is 13.2 Å². The summed E-state index contributed by atoms with van der Waals surface area (Å²) < 4.78 is 38.2. The predicted octanol–water partition coefficient (Wildman–Crippen LogP) is 2.49. The van der Waals surface area contributed by atoms with Crippen LogP contribution in [0, 0.1) is 0 Å². The van der Waals surface area contributed by atoms with Crippen LogP contribution in [0.4, 0.5) is 13.2 Å². The first-order valence-corrected chi connectivity index (χ1v) is 6.42. The smallest absolute Gasteiger partial charge is 0.398 e. The molecule has 1 rings (SSSR count).